The number of carbonyl (C=O) groups is 10. The first-order chi connectivity index (χ1) is 29.7. The van der Waals surface area contributed by atoms with E-state index in [2.05, 4.69) is 26.7 Å². The lowest BCUT2D eigenvalue weighted by Crippen LogP contribution is -2.53. The molecule has 0 bridgehead atoms. The maximum Gasteiger partial charge on any atom is 0.385 e. The average molecular weight is 940 g/mol. The highest BCUT2D eigenvalue weighted by molar-refractivity contribution is 8.03. The second-order valence-electron chi connectivity index (χ2n) is 13.5. The summed E-state index contributed by atoms with van der Waals surface area (Å²) in [6.45, 7) is 8.52. The summed E-state index contributed by atoms with van der Waals surface area (Å²) in [6, 6.07) is -5.85. The number of carboxylic acids is 2. The predicted octanol–water partition coefficient (Wildman–Crippen LogP) is -2.93. The number of quaternary nitrogens is 1. The number of hydrogen-bond donors (Lipinski definition) is 10. The number of nitrogens with one attached hydrogen (secondary N) is 5. The number of ether oxygens (including phenoxy) is 2. The van der Waals surface area contributed by atoms with E-state index in [1.165, 1.54) is 6.92 Å². The number of rotatable bonds is 31. The van der Waals surface area contributed by atoms with Crippen molar-refractivity contribution in [3.8, 4) is 0 Å². The van der Waals surface area contributed by atoms with Crippen LogP contribution < -0.4 is 38.2 Å². The zero-order chi connectivity index (χ0) is 47.9. The highest BCUT2D eigenvalue weighted by Gasteiger charge is 2.56. The molecule has 12 N–H and O–H groups in total. The van der Waals surface area contributed by atoms with Crippen LogP contribution >= 0.6 is 23.5 Å². The Kier molecular flexibility index (Phi) is 24.6. The molecule has 1 heterocycles. The molecular weight excluding hydrogens is 881 g/mol. The Hall–Kier alpha value is -5.22. The van der Waals surface area contributed by atoms with Gasteiger partial charge in [0.1, 0.15) is 56.9 Å². The van der Waals surface area contributed by atoms with Crippen molar-refractivity contribution in [2.45, 2.75) is 90.1 Å². The van der Waals surface area contributed by atoms with Crippen molar-refractivity contribution < 1.29 is 87.1 Å². The SMILES string of the molecule is CCNOC(=O)CNC(=O)C(CSC1=C(O)C(=O)OC1(CSCC(NC(=O)CCC(N)C(=O)O)C(=O)NCC(=O)O[N+](CC)(CC)CC)C(=O)OCC)NC(=O)CCC(N)C(=O)O. The van der Waals surface area contributed by atoms with Crippen LogP contribution in [0.4, 0.5) is 0 Å². The number of nitrogens with two attached hydrogens (primary N) is 2. The second-order valence-corrected chi connectivity index (χ2v) is 15.6. The summed E-state index contributed by atoms with van der Waals surface area (Å²) < 4.78 is 10.6. The van der Waals surface area contributed by atoms with Crippen LogP contribution in [0.2, 0.25) is 0 Å². The summed E-state index contributed by atoms with van der Waals surface area (Å²) in [5.41, 5.74) is 10.9. The van der Waals surface area contributed by atoms with Crippen molar-refractivity contribution >= 4 is 83.0 Å². The van der Waals surface area contributed by atoms with Gasteiger partial charge >= 0.3 is 35.8 Å². The molecule has 1 aliphatic heterocycles. The maximum absolute atomic E-state index is 13.7. The summed E-state index contributed by atoms with van der Waals surface area (Å²) in [4.78, 5) is 136. The second kappa shape index (κ2) is 27.8. The Morgan fingerprint density at radius 2 is 1.27 bits per heavy atom. The predicted molar refractivity (Wildman–Crippen MR) is 222 cm³/mol. The first kappa shape index (κ1) is 55.8. The van der Waals surface area contributed by atoms with Gasteiger partial charge in [-0.1, -0.05) is 0 Å². The monoisotopic (exact) mass is 939 g/mol. The lowest BCUT2D eigenvalue weighted by molar-refractivity contribution is -1.09. The summed E-state index contributed by atoms with van der Waals surface area (Å²) in [7, 11) is 0. The lowest BCUT2D eigenvalue weighted by atomic mass is 10.1. The van der Waals surface area contributed by atoms with Gasteiger partial charge in [0, 0.05) is 36.6 Å². The van der Waals surface area contributed by atoms with E-state index in [-0.39, 0.29) is 30.6 Å². The average Bonchev–Trinajstić information content (AvgIpc) is 3.50. The maximum atomic E-state index is 13.7. The summed E-state index contributed by atoms with van der Waals surface area (Å²) in [6.07, 6.45) is -1.52. The molecule has 0 aromatic carbocycles. The fourth-order valence-corrected chi connectivity index (χ4v) is 7.84. The van der Waals surface area contributed by atoms with E-state index in [1.54, 1.807) is 6.92 Å². The van der Waals surface area contributed by atoms with Gasteiger partial charge < -0.3 is 62.4 Å². The van der Waals surface area contributed by atoms with Gasteiger partial charge in [-0.2, -0.15) is 17.2 Å². The summed E-state index contributed by atoms with van der Waals surface area (Å²) in [5, 5.41) is 38.6. The van der Waals surface area contributed by atoms with Crippen LogP contribution in [0, 0.1) is 0 Å². The summed E-state index contributed by atoms with van der Waals surface area (Å²) >= 11 is 1.24. The number of thioether (sulfide) groups is 2. The zero-order valence-electron chi connectivity index (χ0n) is 35.7. The molecule has 0 spiro atoms. The Bertz CT molecular complexity index is 1690. The number of aliphatic hydroxyl groups is 1. The topological polar surface area (TPSA) is 380 Å². The van der Waals surface area contributed by atoms with Gasteiger partial charge in [0.25, 0.3) is 5.60 Å². The molecule has 1 rings (SSSR count). The molecule has 356 valence electrons. The van der Waals surface area contributed by atoms with Crippen molar-refractivity contribution in [3.63, 3.8) is 0 Å². The van der Waals surface area contributed by atoms with Crippen LogP contribution in [-0.4, -0.2) is 172 Å². The van der Waals surface area contributed by atoms with Crippen LogP contribution in [0.15, 0.2) is 10.7 Å². The number of carbonyl (C=O) groups excluding carboxylic acids is 8. The number of aliphatic carboxylic acids is 2. The van der Waals surface area contributed by atoms with Crippen LogP contribution in [0.5, 0.6) is 0 Å². The van der Waals surface area contributed by atoms with Crippen molar-refractivity contribution in [1.82, 2.24) is 26.7 Å². The highest BCUT2D eigenvalue weighted by Crippen LogP contribution is 2.43. The first-order valence-electron chi connectivity index (χ1n) is 19.8. The molecule has 0 radical (unpaired) electrons. The number of hydroxylamine groups is 4. The molecule has 0 fully saturated rings. The third-order valence-corrected chi connectivity index (χ3v) is 11.6. The third kappa shape index (κ3) is 18.2. The van der Waals surface area contributed by atoms with Crippen LogP contribution in [-0.2, 0) is 67.1 Å². The molecular formula is C36H59N8O17S2+. The molecule has 1 aliphatic rings. The number of carboxylic acid groups (broad SMARTS) is 2. The van der Waals surface area contributed by atoms with Gasteiger partial charge in [0.2, 0.25) is 29.4 Å². The van der Waals surface area contributed by atoms with Gasteiger partial charge in [-0.05, 0) is 47.5 Å². The lowest BCUT2D eigenvalue weighted by Gasteiger charge is -2.31. The minimum atomic E-state index is -2.44. The molecule has 5 atom stereocenters. The van der Waals surface area contributed by atoms with Crippen molar-refractivity contribution in [3.05, 3.63) is 10.7 Å². The van der Waals surface area contributed by atoms with Gasteiger partial charge in [0.05, 0.1) is 11.5 Å². The normalized spacial score (nSPS) is 16.7. The quantitative estimate of drug-likeness (QED) is 0.0144. The van der Waals surface area contributed by atoms with Crippen LogP contribution in [0.1, 0.15) is 60.3 Å². The van der Waals surface area contributed by atoms with Crippen molar-refractivity contribution in [1.29, 1.82) is 0 Å². The molecule has 0 aromatic rings. The van der Waals surface area contributed by atoms with Gasteiger partial charge in [-0.3, -0.25) is 33.6 Å². The molecule has 0 aliphatic carbocycles. The standard InChI is InChI=1S/C36H58N8O17S2/c1-6-41-60-26(47)15-39-31(51)23(43-25(46)14-12-21(38)33(54)55)18-63-29-28(49)34(56)59-36(29,35(57)58-10-5)19-62-17-22(42-24(45)13-11-20(37)32(52)53)30(50)40-16-27(48)61-44(7-2,8-3)9-4/h20-23,41H,6-19,37-38H2,1-5H3,(H6-,39,40,42,43,45,46,49,50,51,52,53,54,55)/p+1. The molecule has 63 heavy (non-hydrogen) atoms. The number of nitrogens with zero attached hydrogens (tertiary/aromatic N) is 1. The van der Waals surface area contributed by atoms with Crippen LogP contribution in [0.25, 0.3) is 0 Å². The van der Waals surface area contributed by atoms with Crippen molar-refractivity contribution in [2.75, 3.05) is 63.1 Å². The van der Waals surface area contributed by atoms with Crippen LogP contribution in [0.3, 0.4) is 0 Å². The molecule has 27 heteroatoms. The number of hydrogen-bond acceptors (Lipinski definition) is 20. The molecule has 5 unspecified atom stereocenters. The number of amides is 4. The van der Waals surface area contributed by atoms with Crippen molar-refractivity contribution in [2.24, 2.45) is 11.5 Å². The van der Waals surface area contributed by atoms with E-state index < -0.39 is 143 Å². The Labute approximate surface area is 371 Å². The molecule has 0 saturated carbocycles. The third-order valence-electron chi connectivity index (χ3n) is 9.10. The Morgan fingerprint density at radius 3 is 1.73 bits per heavy atom. The van der Waals surface area contributed by atoms with E-state index in [1.807, 2.05) is 20.8 Å². The molecule has 0 aromatic heterocycles. The molecule has 0 saturated heterocycles. The van der Waals surface area contributed by atoms with Gasteiger partial charge in [0.15, 0.2) is 0 Å². The fraction of sp³-hybridized carbons (Fsp3) is 0.667. The highest BCUT2D eigenvalue weighted by atomic mass is 32.2. The Morgan fingerprint density at radius 1 is 0.778 bits per heavy atom. The van der Waals surface area contributed by atoms with E-state index >= 15 is 0 Å². The smallest absolute Gasteiger partial charge is 0.385 e. The van der Waals surface area contributed by atoms with E-state index in [9.17, 15) is 53.1 Å². The Balaban J connectivity index is 3.45. The number of cyclic esters (lactones) is 1. The molecule has 4 amide bonds. The minimum absolute atomic E-state index is 0.0331. The largest absolute Gasteiger partial charge is 0.501 e. The summed E-state index contributed by atoms with van der Waals surface area (Å²) in [5.74, 6) is -13.2. The fourth-order valence-electron chi connectivity index (χ4n) is 5.33. The van der Waals surface area contributed by atoms with E-state index in [4.69, 9.17) is 40.8 Å². The zero-order valence-corrected chi connectivity index (χ0v) is 37.3. The van der Waals surface area contributed by atoms with E-state index in [0.717, 1.165) is 11.8 Å². The number of esters is 2. The molecule has 25 nitrogen and oxygen atoms in total. The van der Waals surface area contributed by atoms with E-state index in [0.29, 0.717) is 31.4 Å². The first-order valence-corrected chi connectivity index (χ1v) is 22.0. The van der Waals surface area contributed by atoms with Gasteiger partial charge in [-0.25, -0.2) is 19.2 Å². The number of aliphatic hydroxyl groups excluding tert-OH is 1. The van der Waals surface area contributed by atoms with Gasteiger partial charge in [-0.15, -0.1) is 16.4 Å². The minimum Gasteiger partial charge on any atom is -0.501 e.